The number of anilines is 2. The second-order valence-corrected chi connectivity index (χ2v) is 15.3. The van der Waals surface area contributed by atoms with Crippen molar-refractivity contribution in [1.82, 2.24) is 29.1 Å². The van der Waals surface area contributed by atoms with Crippen molar-refractivity contribution in [2.75, 3.05) is 11.5 Å². The molecule has 0 atom stereocenters. The van der Waals surface area contributed by atoms with Crippen molar-refractivity contribution in [2.24, 2.45) is 0 Å². The SMILES string of the molecule is CC(C)n1cc(-c2ccc(Oc3ccc(COOCc4ccc(Oc5ccc(-c6cn(C(C)C)c7ncnc(N)c67)cc5)c(CCl)c4)cc3Cl)cc2)c2c(N)ncnc21. The van der Waals surface area contributed by atoms with Gasteiger partial charge in [-0.2, -0.15) is 0 Å². The third-order valence-corrected chi connectivity index (χ3v) is 10.6. The molecule has 8 aromatic rings. The molecular formula is C45H42Cl2N8O4. The van der Waals surface area contributed by atoms with Crippen molar-refractivity contribution in [3.05, 3.63) is 132 Å². The van der Waals surface area contributed by atoms with Crippen molar-refractivity contribution in [2.45, 2.75) is 58.9 Å². The third kappa shape index (κ3) is 8.26. The van der Waals surface area contributed by atoms with Gasteiger partial charge in [0.15, 0.2) is 0 Å². The van der Waals surface area contributed by atoms with Crippen molar-refractivity contribution in [3.63, 3.8) is 0 Å². The van der Waals surface area contributed by atoms with Crippen molar-refractivity contribution in [1.29, 1.82) is 0 Å². The van der Waals surface area contributed by atoms with E-state index >= 15 is 0 Å². The molecule has 4 aromatic heterocycles. The predicted octanol–water partition coefficient (Wildman–Crippen LogP) is 11.5. The van der Waals surface area contributed by atoms with E-state index in [1.54, 1.807) is 12.1 Å². The summed E-state index contributed by atoms with van der Waals surface area (Å²) in [6.45, 7) is 8.81. The minimum atomic E-state index is 0.183. The Hall–Kier alpha value is -6.18. The molecule has 0 aliphatic heterocycles. The minimum absolute atomic E-state index is 0.183. The maximum atomic E-state index is 6.62. The Bertz CT molecular complexity index is 2770. The summed E-state index contributed by atoms with van der Waals surface area (Å²) in [5, 5.41) is 2.10. The number of rotatable bonds is 14. The number of nitrogens with zero attached hydrogens (tertiary/aromatic N) is 6. The Morgan fingerprint density at radius 3 is 1.51 bits per heavy atom. The van der Waals surface area contributed by atoms with Crippen LogP contribution in [-0.4, -0.2) is 29.1 Å². The van der Waals surface area contributed by atoms with Gasteiger partial charge in [-0.15, -0.1) is 11.6 Å². The van der Waals surface area contributed by atoms with Crippen LogP contribution in [0, 0.1) is 0 Å². The van der Waals surface area contributed by atoms with E-state index in [4.69, 9.17) is 53.9 Å². The van der Waals surface area contributed by atoms with Gasteiger partial charge in [0.2, 0.25) is 0 Å². The highest BCUT2D eigenvalue weighted by Crippen LogP contribution is 2.38. The molecule has 0 bridgehead atoms. The van der Waals surface area contributed by atoms with Crippen LogP contribution in [0.25, 0.3) is 44.3 Å². The lowest BCUT2D eigenvalue weighted by atomic mass is 10.1. The summed E-state index contributed by atoms with van der Waals surface area (Å²) in [4.78, 5) is 28.5. The van der Waals surface area contributed by atoms with Gasteiger partial charge in [0, 0.05) is 41.2 Å². The molecule has 14 heteroatoms. The molecular weight excluding hydrogens is 787 g/mol. The highest BCUT2D eigenvalue weighted by Gasteiger charge is 2.19. The van der Waals surface area contributed by atoms with Crippen LogP contribution in [0.15, 0.2) is 110 Å². The predicted molar refractivity (Wildman–Crippen MR) is 233 cm³/mol. The molecule has 0 amide bonds. The maximum absolute atomic E-state index is 6.62. The van der Waals surface area contributed by atoms with E-state index in [0.29, 0.717) is 39.7 Å². The Balaban J connectivity index is 0.852. The summed E-state index contributed by atoms with van der Waals surface area (Å²) >= 11 is 13.0. The zero-order chi connectivity index (χ0) is 41.2. The highest BCUT2D eigenvalue weighted by atomic mass is 35.5. The van der Waals surface area contributed by atoms with E-state index in [9.17, 15) is 0 Å². The van der Waals surface area contributed by atoms with Crippen LogP contribution in [0.1, 0.15) is 56.5 Å². The molecule has 0 spiro atoms. The van der Waals surface area contributed by atoms with Gasteiger partial charge in [-0.3, -0.25) is 0 Å². The number of alkyl halides is 1. The molecule has 4 heterocycles. The van der Waals surface area contributed by atoms with E-state index in [0.717, 1.165) is 61.0 Å². The zero-order valence-electron chi connectivity index (χ0n) is 32.9. The van der Waals surface area contributed by atoms with Gasteiger partial charge < -0.3 is 30.1 Å². The Labute approximate surface area is 351 Å². The average molecular weight is 830 g/mol. The number of aromatic nitrogens is 6. The Kier molecular flexibility index (Phi) is 11.4. The van der Waals surface area contributed by atoms with Crippen LogP contribution in [-0.2, 0) is 28.9 Å². The number of benzene rings is 4. The molecule has 4 N–H and O–H groups in total. The van der Waals surface area contributed by atoms with Crippen LogP contribution >= 0.6 is 23.2 Å². The quantitative estimate of drug-likeness (QED) is 0.0469. The molecule has 0 radical (unpaired) electrons. The van der Waals surface area contributed by atoms with E-state index < -0.39 is 0 Å². The molecule has 12 nitrogen and oxygen atoms in total. The van der Waals surface area contributed by atoms with Crippen molar-refractivity contribution >= 4 is 56.9 Å². The minimum Gasteiger partial charge on any atom is -0.457 e. The summed E-state index contributed by atoms with van der Waals surface area (Å²) in [7, 11) is 0. The van der Waals surface area contributed by atoms with Gasteiger partial charge >= 0.3 is 0 Å². The first-order chi connectivity index (χ1) is 28.6. The number of nitrogens with two attached hydrogens (primary N) is 2. The van der Waals surface area contributed by atoms with Crippen molar-refractivity contribution < 1.29 is 19.2 Å². The molecule has 8 rings (SSSR count). The fourth-order valence-electron chi connectivity index (χ4n) is 6.96. The number of nitrogen functional groups attached to an aromatic ring is 2. The molecule has 0 unspecified atom stereocenters. The molecule has 59 heavy (non-hydrogen) atoms. The van der Waals surface area contributed by atoms with Gasteiger partial charge in [0.05, 0.1) is 21.7 Å². The van der Waals surface area contributed by atoms with Crippen LogP contribution in [0.5, 0.6) is 23.0 Å². The van der Waals surface area contributed by atoms with Gasteiger partial charge in [0.1, 0.15) is 71.8 Å². The first-order valence-corrected chi connectivity index (χ1v) is 20.0. The zero-order valence-corrected chi connectivity index (χ0v) is 34.4. The van der Waals surface area contributed by atoms with E-state index in [2.05, 4.69) is 69.2 Å². The second-order valence-electron chi connectivity index (χ2n) is 14.6. The second kappa shape index (κ2) is 17.0. The summed E-state index contributed by atoms with van der Waals surface area (Å²) in [5.74, 6) is 3.60. The number of hydrogen-bond donors (Lipinski definition) is 2. The smallest absolute Gasteiger partial charge is 0.146 e. The Morgan fingerprint density at radius 1 is 0.593 bits per heavy atom. The lowest BCUT2D eigenvalue weighted by Gasteiger charge is -2.12. The average Bonchev–Trinajstić information content (AvgIpc) is 3.83. The fraction of sp³-hybridized carbons (Fsp3) is 0.200. The number of ether oxygens (including phenoxy) is 2. The van der Waals surface area contributed by atoms with E-state index in [-0.39, 0.29) is 31.2 Å². The van der Waals surface area contributed by atoms with E-state index in [1.807, 2.05) is 72.8 Å². The molecule has 0 aliphatic rings. The third-order valence-electron chi connectivity index (χ3n) is 9.98. The standard InChI is InChI=1S/C45H42Cl2N8O4/c1-26(2)54-20-35(40-42(48)50-24-52-44(40)54)30-7-11-33(12-8-30)58-38-15-5-28(17-32(38)19-46)22-56-57-23-29-6-16-39(37(47)18-29)59-34-13-9-31(10-14-34)36-21-55(27(3)4)45-41(36)43(49)51-25-53-45/h5-18,20-21,24-27H,19,22-23H2,1-4H3,(H2,48,50,52)(H2,49,51,53). The highest BCUT2D eigenvalue weighted by molar-refractivity contribution is 6.32. The lowest BCUT2D eigenvalue weighted by Crippen LogP contribution is -2.00. The summed E-state index contributed by atoms with van der Waals surface area (Å²) in [5.41, 5.74) is 20.5. The lowest BCUT2D eigenvalue weighted by molar-refractivity contribution is -0.313. The van der Waals surface area contributed by atoms with Crippen LogP contribution < -0.4 is 20.9 Å². The topological polar surface area (TPSA) is 150 Å². The number of halogens is 2. The largest absolute Gasteiger partial charge is 0.457 e. The van der Waals surface area contributed by atoms with Crippen LogP contribution in [0.3, 0.4) is 0 Å². The molecule has 0 saturated carbocycles. The Morgan fingerprint density at radius 2 is 1.05 bits per heavy atom. The molecule has 4 aromatic carbocycles. The first kappa shape index (κ1) is 39.6. The normalized spacial score (nSPS) is 11.7. The maximum Gasteiger partial charge on any atom is 0.146 e. The summed E-state index contributed by atoms with van der Waals surface area (Å²) in [6.07, 6.45) is 7.11. The van der Waals surface area contributed by atoms with Crippen LogP contribution in [0.4, 0.5) is 11.6 Å². The van der Waals surface area contributed by atoms with Gasteiger partial charge in [-0.05, 0) is 98.5 Å². The molecule has 0 saturated heterocycles. The monoisotopic (exact) mass is 828 g/mol. The molecule has 0 aliphatic carbocycles. The van der Waals surface area contributed by atoms with Gasteiger partial charge in [-0.1, -0.05) is 48.0 Å². The first-order valence-electron chi connectivity index (χ1n) is 19.1. The summed E-state index contributed by atoms with van der Waals surface area (Å²) < 4.78 is 16.6. The molecule has 300 valence electrons. The summed E-state index contributed by atoms with van der Waals surface area (Å²) in [6, 6.07) is 27.2. The van der Waals surface area contributed by atoms with E-state index in [1.165, 1.54) is 12.7 Å². The molecule has 0 fully saturated rings. The van der Waals surface area contributed by atoms with Gasteiger partial charge in [-0.25, -0.2) is 29.7 Å². The van der Waals surface area contributed by atoms with Crippen molar-refractivity contribution in [3.8, 4) is 45.3 Å². The van der Waals surface area contributed by atoms with Gasteiger partial charge in [0.25, 0.3) is 0 Å². The number of hydrogen-bond acceptors (Lipinski definition) is 10. The fourth-order valence-corrected chi connectivity index (χ4v) is 7.41. The van der Waals surface area contributed by atoms with Crippen LogP contribution in [0.2, 0.25) is 5.02 Å². The number of fused-ring (bicyclic) bond motifs is 2.